The van der Waals surface area contributed by atoms with Crippen LogP contribution in [0.5, 0.6) is 0 Å². The topological polar surface area (TPSA) is 69.6 Å². The fourth-order valence-electron chi connectivity index (χ4n) is 2.61. The van der Waals surface area contributed by atoms with E-state index < -0.39 is 17.3 Å². The second-order valence-electron chi connectivity index (χ2n) is 6.47. The average Bonchev–Trinajstić information content (AvgIpc) is 3.02. The number of carbonyl (C=O) groups excluding carboxylic acids is 1. The summed E-state index contributed by atoms with van der Waals surface area (Å²) in [5.41, 5.74) is 1.63. The van der Waals surface area contributed by atoms with Crippen LogP contribution in [0.1, 0.15) is 24.3 Å². The molecule has 1 aromatic heterocycles. The Balaban J connectivity index is 1.68. The molecule has 5 nitrogen and oxygen atoms in total. The summed E-state index contributed by atoms with van der Waals surface area (Å²) in [6, 6.07) is 9.72. The molecule has 0 saturated carbocycles. The molecule has 2 N–H and O–H groups in total. The molecular formula is C18H20N2O3S. The van der Waals surface area contributed by atoms with Gasteiger partial charge in [-0.2, -0.15) is 0 Å². The highest BCUT2D eigenvalue weighted by Crippen LogP contribution is 2.28. The third kappa shape index (κ3) is 3.14. The smallest absolute Gasteiger partial charge is 0.318 e. The molecule has 24 heavy (non-hydrogen) atoms. The van der Waals surface area contributed by atoms with E-state index >= 15 is 0 Å². The number of hydrogen-bond donors (Lipinski definition) is 2. The lowest BCUT2D eigenvalue weighted by atomic mass is 9.92. The first-order valence-corrected chi connectivity index (χ1v) is 8.71. The van der Waals surface area contributed by atoms with E-state index in [-0.39, 0.29) is 0 Å². The lowest BCUT2D eigenvalue weighted by molar-refractivity contribution is -0.151. The summed E-state index contributed by atoms with van der Waals surface area (Å²) in [5.74, 6) is -1.67. The van der Waals surface area contributed by atoms with Crippen LogP contribution in [0.25, 0.3) is 0 Å². The van der Waals surface area contributed by atoms with E-state index in [2.05, 4.69) is 21.7 Å². The predicted molar refractivity (Wildman–Crippen MR) is 95.6 cm³/mol. The van der Waals surface area contributed by atoms with Crippen LogP contribution in [0.15, 0.2) is 35.7 Å². The minimum atomic E-state index is -1.46. The van der Waals surface area contributed by atoms with Crippen LogP contribution in [0.3, 0.4) is 0 Å². The number of aliphatic carboxylic acids is 1. The number of amides is 1. The van der Waals surface area contributed by atoms with E-state index in [0.29, 0.717) is 5.69 Å². The highest BCUT2D eigenvalue weighted by Gasteiger charge is 2.36. The monoisotopic (exact) mass is 344 g/mol. The number of carboxylic acid groups (broad SMARTS) is 1. The summed E-state index contributed by atoms with van der Waals surface area (Å²) >= 11 is 1.81. The molecule has 0 aliphatic carbocycles. The molecule has 1 aliphatic rings. The molecule has 0 unspecified atom stereocenters. The third-order valence-electron chi connectivity index (χ3n) is 4.40. The lowest BCUT2D eigenvalue weighted by Crippen LogP contribution is -2.37. The van der Waals surface area contributed by atoms with Gasteiger partial charge in [-0.05, 0) is 61.5 Å². The van der Waals surface area contributed by atoms with Gasteiger partial charge in [-0.3, -0.25) is 9.59 Å². The van der Waals surface area contributed by atoms with Crippen LogP contribution in [-0.2, 0) is 22.6 Å². The number of carbonyl (C=O) groups is 2. The second-order valence-corrected chi connectivity index (χ2v) is 7.47. The fraction of sp³-hybridized carbons (Fsp3) is 0.333. The quantitative estimate of drug-likeness (QED) is 0.835. The summed E-state index contributed by atoms with van der Waals surface area (Å²) < 4.78 is 0. The second kappa shape index (κ2) is 6.28. The summed E-state index contributed by atoms with van der Waals surface area (Å²) in [4.78, 5) is 27.0. The molecule has 0 bridgehead atoms. The number of anilines is 2. The van der Waals surface area contributed by atoms with Crippen LogP contribution in [-0.4, -0.2) is 23.5 Å². The van der Waals surface area contributed by atoms with Gasteiger partial charge in [0.1, 0.15) is 5.41 Å². The first-order chi connectivity index (χ1) is 11.4. The van der Waals surface area contributed by atoms with E-state index in [0.717, 1.165) is 25.2 Å². The van der Waals surface area contributed by atoms with Gasteiger partial charge in [0, 0.05) is 29.3 Å². The average molecular weight is 344 g/mol. The zero-order valence-corrected chi connectivity index (χ0v) is 14.5. The highest BCUT2D eigenvalue weighted by molar-refractivity contribution is 7.10. The van der Waals surface area contributed by atoms with Gasteiger partial charge in [-0.25, -0.2) is 0 Å². The molecule has 1 aromatic carbocycles. The summed E-state index contributed by atoms with van der Waals surface area (Å²) in [6.07, 6.45) is 1.05. The van der Waals surface area contributed by atoms with Crippen LogP contribution in [0.4, 0.5) is 11.4 Å². The van der Waals surface area contributed by atoms with Gasteiger partial charge in [-0.15, -0.1) is 11.3 Å². The Morgan fingerprint density at radius 1 is 1.21 bits per heavy atom. The Kier molecular flexibility index (Phi) is 4.32. The molecular weight excluding hydrogens is 324 g/mol. The van der Waals surface area contributed by atoms with E-state index in [9.17, 15) is 9.59 Å². The zero-order valence-electron chi connectivity index (χ0n) is 13.7. The number of nitrogens with zero attached hydrogens (tertiary/aromatic N) is 1. The number of benzene rings is 1. The van der Waals surface area contributed by atoms with Crippen molar-refractivity contribution < 1.29 is 14.7 Å². The maximum atomic E-state index is 12.1. The van der Waals surface area contributed by atoms with Crippen LogP contribution >= 0.6 is 11.3 Å². The predicted octanol–water partition coefficient (Wildman–Crippen LogP) is 3.36. The normalized spacial score (nSPS) is 14.2. The van der Waals surface area contributed by atoms with E-state index in [1.165, 1.54) is 24.3 Å². The molecule has 0 radical (unpaired) electrons. The van der Waals surface area contributed by atoms with Gasteiger partial charge in [0.25, 0.3) is 0 Å². The van der Waals surface area contributed by atoms with Crippen LogP contribution in [0, 0.1) is 5.41 Å². The van der Waals surface area contributed by atoms with Crippen molar-refractivity contribution in [1.29, 1.82) is 0 Å². The molecule has 3 rings (SSSR count). The van der Waals surface area contributed by atoms with Crippen molar-refractivity contribution in [3.63, 3.8) is 0 Å². The fourth-order valence-corrected chi connectivity index (χ4v) is 3.50. The summed E-state index contributed by atoms with van der Waals surface area (Å²) in [7, 11) is 0. The van der Waals surface area contributed by atoms with Gasteiger partial charge < -0.3 is 15.3 Å². The highest BCUT2D eigenvalue weighted by atomic mass is 32.1. The zero-order chi connectivity index (χ0) is 17.3. The minimum Gasteiger partial charge on any atom is -0.480 e. The summed E-state index contributed by atoms with van der Waals surface area (Å²) in [5, 5.41) is 13.9. The van der Waals surface area contributed by atoms with Gasteiger partial charge >= 0.3 is 5.97 Å². The van der Waals surface area contributed by atoms with Gasteiger partial charge in [0.05, 0.1) is 0 Å². The summed E-state index contributed by atoms with van der Waals surface area (Å²) in [6.45, 7) is 4.66. The molecule has 0 spiro atoms. The lowest BCUT2D eigenvalue weighted by Gasteiger charge is -2.29. The van der Waals surface area contributed by atoms with Crippen molar-refractivity contribution in [2.75, 3.05) is 16.8 Å². The molecule has 0 saturated heterocycles. The Morgan fingerprint density at radius 2 is 1.92 bits per heavy atom. The molecule has 0 fully saturated rings. The molecule has 0 atom stereocenters. The molecule has 6 heteroatoms. The maximum Gasteiger partial charge on any atom is 0.318 e. The number of thiophene rings is 1. The Bertz CT molecular complexity index is 765. The standard InChI is InChI=1S/C18H20N2O3S/c1-18(2,17(22)23)16(21)19-13-3-5-14(6-4-13)20-9-7-15-12(11-20)8-10-24-15/h3-6,8,10H,7,9,11H2,1-2H3,(H,19,21)(H,22,23). The van der Waals surface area contributed by atoms with E-state index in [1.54, 1.807) is 0 Å². The van der Waals surface area contributed by atoms with Gasteiger partial charge in [-0.1, -0.05) is 0 Å². The Morgan fingerprint density at radius 3 is 2.58 bits per heavy atom. The molecule has 2 aromatic rings. The van der Waals surface area contributed by atoms with Crippen molar-refractivity contribution in [3.05, 3.63) is 46.2 Å². The number of fused-ring (bicyclic) bond motifs is 1. The van der Waals surface area contributed by atoms with Crippen molar-refractivity contribution in [1.82, 2.24) is 0 Å². The minimum absolute atomic E-state index is 0.524. The van der Waals surface area contributed by atoms with Crippen molar-refractivity contribution in [3.8, 4) is 0 Å². The number of carboxylic acids is 1. The van der Waals surface area contributed by atoms with Crippen LogP contribution in [0.2, 0.25) is 0 Å². The third-order valence-corrected chi connectivity index (χ3v) is 5.42. The van der Waals surface area contributed by atoms with E-state index in [4.69, 9.17) is 5.11 Å². The van der Waals surface area contributed by atoms with Gasteiger partial charge in [0.2, 0.25) is 5.91 Å². The Hall–Kier alpha value is -2.34. The number of hydrogen-bond acceptors (Lipinski definition) is 4. The maximum absolute atomic E-state index is 12.1. The first-order valence-electron chi connectivity index (χ1n) is 7.83. The van der Waals surface area contributed by atoms with Crippen molar-refractivity contribution in [2.45, 2.75) is 26.8 Å². The largest absolute Gasteiger partial charge is 0.480 e. The molecule has 2 heterocycles. The first kappa shape index (κ1) is 16.5. The molecule has 1 aliphatic heterocycles. The molecule has 126 valence electrons. The molecule has 1 amide bonds. The number of rotatable bonds is 4. The van der Waals surface area contributed by atoms with Crippen molar-refractivity contribution in [2.24, 2.45) is 5.41 Å². The van der Waals surface area contributed by atoms with Crippen LogP contribution < -0.4 is 10.2 Å². The van der Waals surface area contributed by atoms with Crippen molar-refractivity contribution >= 4 is 34.6 Å². The SMILES string of the molecule is CC(C)(C(=O)O)C(=O)Nc1ccc(N2CCc3sccc3C2)cc1. The number of nitrogens with one attached hydrogen (secondary N) is 1. The van der Waals surface area contributed by atoms with E-state index in [1.807, 2.05) is 35.6 Å². The van der Waals surface area contributed by atoms with Gasteiger partial charge in [0.15, 0.2) is 0 Å². The Labute approximate surface area is 144 Å².